The SMILES string of the molecule is Cc1nc(CCNC(=O)C(N)Cc2ccc(O)cc2)nc2c1CCCC2. The summed E-state index contributed by atoms with van der Waals surface area (Å²) >= 11 is 0. The summed E-state index contributed by atoms with van der Waals surface area (Å²) in [5.41, 5.74) is 10.4. The van der Waals surface area contributed by atoms with E-state index in [0.717, 1.165) is 29.9 Å². The summed E-state index contributed by atoms with van der Waals surface area (Å²) in [5, 5.41) is 12.2. The molecule has 1 aliphatic rings. The van der Waals surface area contributed by atoms with Crippen molar-refractivity contribution in [2.24, 2.45) is 5.73 Å². The molecular formula is C20H26N4O2. The number of aryl methyl sites for hydroxylation is 2. The highest BCUT2D eigenvalue weighted by Gasteiger charge is 2.16. The minimum absolute atomic E-state index is 0.187. The molecule has 0 bridgehead atoms. The Kier molecular flexibility index (Phi) is 5.83. The Balaban J connectivity index is 1.50. The van der Waals surface area contributed by atoms with Crippen LogP contribution in [0.2, 0.25) is 0 Å². The predicted octanol–water partition coefficient (Wildman–Crippen LogP) is 1.60. The normalized spacial score (nSPS) is 14.5. The Labute approximate surface area is 153 Å². The standard InChI is InChI=1S/C20H26N4O2/c1-13-16-4-2-3-5-18(16)24-19(23-13)10-11-22-20(26)17(21)12-14-6-8-15(25)9-7-14/h6-9,17,25H,2-5,10-12,21H2,1H3,(H,22,26). The molecular weight excluding hydrogens is 328 g/mol. The van der Waals surface area contributed by atoms with E-state index in [1.807, 2.05) is 6.92 Å². The maximum Gasteiger partial charge on any atom is 0.237 e. The van der Waals surface area contributed by atoms with Gasteiger partial charge >= 0.3 is 0 Å². The third-order valence-corrected chi connectivity index (χ3v) is 4.81. The van der Waals surface area contributed by atoms with Crippen LogP contribution in [0.1, 0.15) is 41.2 Å². The minimum Gasteiger partial charge on any atom is -0.508 e. The quantitative estimate of drug-likeness (QED) is 0.731. The molecule has 0 aliphatic heterocycles. The average Bonchev–Trinajstić information content (AvgIpc) is 2.63. The molecule has 1 aromatic carbocycles. The van der Waals surface area contributed by atoms with Gasteiger partial charge in [0.1, 0.15) is 11.6 Å². The fraction of sp³-hybridized carbons (Fsp3) is 0.450. The number of phenolic OH excluding ortho intramolecular Hbond substituents is 1. The summed E-state index contributed by atoms with van der Waals surface area (Å²) in [7, 11) is 0. The van der Waals surface area contributed by atoms with Crippen molar-refractivity contribution in [2.45, 2.75) is 51.5 Å². The number of hydrogen-bond donors (Lipinski definition) is 3. The van der Waals surface area contributed by atoms with Crippen LogP contribution in [-0.2, 0) is 30.5 Å². The van der Waals surface area contributed by atoms with Crippen LogP contribution in [0.5, 0.6) is 5.75 Å². The molecule has 138 valence electrons. The van der Waals surface area contributed by atoms with Gasteiger partial charge in [-0.2, -0.15) is 0 Å². The number of aromatic nitrogens is 2. The van der Waals surface area contributed by atoms with Crippen molar-refractivity contribution in [2.75, 3.05) is 6.54 Å². The van der Waals surface area contributed by atoms with Crippen molar-refractivity contribution in [1.29, 1.82) is 0 Å². The molecule has 6 nitrogen and oxygen atoms in total. The average molecular weight is 354 g/mol. The highest BCUT2D eigenvalue weighted by atomic mass is 16.3. The topological polar surface area (TPSA) is 101 Å². The molecule has 0 radical (unpaired) electrons. The van der Waals surface area contributed by atoms with Gasteiger partial charge in [0, 0.05) is 24.4 Å². The largest absolute Gasteiger partial charge is 0.508 e. The molecule has 1 amide bonds. The lowest BCUT2D eigenvalue weighted by atomic mass is 9.95. The summed E-state index contributed by atoms with van der Waals surface area (Å²) < 4.78 is 0. The van der Waals surface area contributed by atoms with Crippen LogP contribution in [0.25, 0.3) is 0 Å². The molecule has 3 rings (SSSR count). The summed E-state index contributed by atoms with van der Waals surface area (Å²) in [6, 6.07) is 6.11. The monoisotopic (exact) mass is 354 g/mol. The van der Waals surface area contributed by atoms with Crippen LogP contribution in [0.3, 0.4) is 0 Å². The van der Waals surface area contributed by atoms with Gasteiger partial charge in [0.25, 0.3) is 0 Å². The molecule has 1 unspecified atom stereocenters. The van der Waals surface area contributed by atoms with Crippen molar-refractivity contribution < 1.29 is 9.90 Å². The van der Waals surface area contributed by atoms with Crippen molar-refractivity contribution in [1.82, 2.24) is 15.3 Å². The zero-order chi connectivity index (χ0) is 18.5. The van der Waals surface area contributed by atoms with E-state index in [0.29, 0.717) is 19.4 Å². The first-order valence-corrected chi connectivity index (χ1v) is 9.19. The first-order chi connectivity index (χ1) is 12.5. The van der Waals surface area contributed by atoms with Crippen LogP contribution in [0.4, 0.5) is 0 Å². The zero-order valence-electron chi connectivity index (χ0n) is 15.2. The molecule has 1 heterocycles. The van der Waals surface area contributed by atoms with Gasteiger partial charge in [0.05, 0.1) is 6.04 Å². The van der Waals surface area contributed by atoms with Crippen molar-refractivity contribution in [3.63, 3.8) is 0 Å². The van der Waals surface area contributed by atoms with E-state index in [1.165, 1.54) is 24.1 Å². The van der Waals surface area contributed by atoms with E-state index in [-0.39, 0.29) is 11.7 Å². The molecule has 0 saturated heterocycles. The van der Waals surface area contributed by atoms with Gasteiger partial charge in [0.2, 0.25) is 5.91 Å². The molecule has 0 saturated carbocycles. The number of phenols is 1. The van der Waals surface area contributed by atoms with E-state index >= 15 is 0 Å². The lowest BCUT2D eigenvalue weighted by Gasteiger charge is -2.17. The number of benzene rings is 1. The lowest BCUT2D eigenvalue weighted by molar-refractivity contribution is -0.122. The summed E-state index contributed by atoms with van der Waals surface area (Å²) in [6.07, 6.45) is 5.53. The fourth-order valence-electron chi connectivity index (χ4n) is 3.36. The fourth-order valence-corrected chi connectivity index (χ4v) is 3.36. The predicted molar refractivity (Wildman–Crippen MR) is 99.9 cm³/mol. The number of amides is 1. The molecule has 26 heavy (non-hydrogen) atoms. The second-order valence-electron chi connectivity index (χ2n) is 6.88. The van der Waals surface area contributed by atoms with Gasteiger partial charge in [-0.1, -0.05) is 12.1 Å². The van der Waals surface area contributed by atoms with Crippen molar-refractivity contribution in [3.05, 3.63) is 52.6 Å². The van der Waals surface area contributed by atoms with Gasteiger partial charge in [-0.15, -0.1) is 0 Å². The maximum absolute atomic E-state index is 12.2. The molecule has 6 heteroatoms. The first-order valence-electron chi connectivity index (χ1n) is 9.19. The summed E-state index contributed by atoms with van der Waals surface area (Å²) in [5.74, 6) is 0.801. The van der Waals surface area contributed by atoms with E-state index in [9.17, 15) is 9.90 Å². The number of nitrogens with one attached hydrogen (secondary N) is 1. The molecule has 1 atom stereocenters. The smallest absolute Gasteiger partial charge is 0.237 e. The Hall–Kier alpha value is -2.47. The van der Waals surface area contributed by atoms with Crippen LogP contribution >= 0.6 is 0 Å². The summed E-state index contributed by atoms with van der Waals surface area (Å²) in [6.45, 7) is 2.52. The number of carbonyl (C=O) groups is 1. The van der Waals surface area contributed by atoms with E-state index < -0.39 is 6.04 Å². The second-order valence-corrected chi connectivity index (χ2v) is 6.88. The Morgan fingerprint density at radius 3 is 2.73 bits per heavy atom. The van der Waals surface area contributed by atoms with Crippen LogP contribution < -0.4 is 11.1 Å². The number of aromatic hydroxyl groups is 1. The Morgan fingerprint density at radius 1 is 1.23 bits per heavy atom. The number of nitrogens with two attached hydrogens (primary N) is 1. The third-order valence-electron chi connectivity index (χ3n) is 4.81. The second kappa shape index (κ2) is 8.27. The molecule has 4 N–H and O–H groups in total. The Morgan fingerprint density at radius 2 is 1.96 bits per heavy atom. The van der Waals surface area contributed by atoms with Gasteiger partial charge in [-0.05, 0) is 62.3 Å². The Bertz CT molecular complexity index is 774. The van der Waals surface area contributed by atoms with Crippen molar-refractivity contribution >= 4 is 5.91 Å². The summed E-state index contributed by atoms with van der Waals surface area (Å²) in [4.78, 5) is 21.4. The van der Waals surface area contributed by atoms with Crippen LogP contribution in [0, 0.1) is 6.92 Å². The van der Waals surface area contributed by atoms with Crippen molar-refractivity contribution in [3.8, 4) is 5.75 Å². The number of nitrogens with zero attached hydrogens (tertiary/aromatic N) is 2. The first kappa shape index (κ1) is 18.3. The lowest BCUT2D eigenvalue weighted by Crippen LogP contribution is -2.42. The number of fused-ring (bicyclic) bond motifs is 1. The van der Waals surface area contributed by atoms with E-state index in [4.69, 9.17) is 5.73 Å². The van der Waals surface area contributed by atoms with Crippen LogP contribution in [-0.4, -0.2) is 33.6 Å². The van der Waals surface area contributed by atoms with Gasteiger partial charge in [0.15, 0.2) is 0 Å². The van der Waals surface area contributed by atoms with Gasteiger partial charge in [-0.25, -0.2) is 9.97 Å². The third kappa shape index (κ3) is 4.58. The van der Waals surface area contributed by atoms with Crippen LogP contribution in [0.15, 0.2) is 24.3 Å². The van der Waals surface area contributed by atoms with Gasteiger partial charge in [-0.3, -0.25) is 4.79 Å². The number of hydrogen-bond acceptors (Lipinski definition) is 5. The van der Waals surface area contributed by atoms with Gasteiger partial charge < -0.3 is 16.2 Å². The number of carbonyl (C=O) groups excluding carboxylic acids is 1. The molecule has 1 aliphatic carbocycles. The molecule has 1 aromatic heterocycles. The maximum atomic E-state index is 12.2. The molecule has 0 spiro atoms. The number of rotatable bonds is 6. The molecule has 2 aromatic rings. The van der Waals surface area contributed by atoms with E-state index in [1.54, 1.807) is 24.3 Å². The zero-order valence-corrected chi connectivity index (χ0v) is 15.2. The van der Waals surface area contributed by atoms with E-state index in [2.05, 4.69) is 15.3 Å². The highest BCUT2D eigenvalue weighted by molar-refractivity contribution is 5.81. The minimum atomic E-state index is -0.620. The highest BCUT2D eigenvalue weighted by Crippen LogP contribution is 2.21. The molecule has 0 fully saturated rings.